The zero-order chi connectivity index (χ0) is 20.2. The molecule has 0 aliphatic carbocycles. The van der Waals surface area contributed by atoms with Crippen LogP contribution < -0.4 is 5.32 Å². The molecule has 0 fully saturated rings. The van der Waals surface area contributed by atoms with Crippen molar-refractivity contribution in [3.05, 3.63) is 64.2 Å². The van der Waals surface area contributed by atoms with Gasteiger partial charge in [-0.15, -0.1) is 0 Å². The minimum Gasteiger partial charge on any atom is -0.348 e. The largest absolute Gasteiger partial charge is 0.348 e. The van der Waals surface area contributed by atoms with Crippen molar-refractivity contribution < 1.29 is 22.0 Å². The van der Waals surface area contributed by atoms with Gasteiger partial charge in [0.05, 0.1) is 5.02 Å². The Kier molecular flexibility index (Phi) is 6.91. The SMILES string of the molecule is CCN(CC)S(=O)(=O)c1cc(C(=O)NCc2cc(F)ccc2F)ccc1Cl. The number of benzene rings is 2. The Labute approximate surface area is 162 Å². The summed E-state index contributed by atoms with van der Waals surface area (Å²) in [6.45, 7) is 3.65. The number of carbonyl (C=O) groups excluding carboxylic acids is 1. The summed E-state index contributed by atoms with van der Waals surface area (Å²) in [6, 6.07) is 6.77. The Morgan fingerprint density at radius 3 is 2.41 bits per heavy atom. The van der Waals surface area contributed by atoms with Crippen molar-refractivity contribution in [1.29, 1.82) is 0 Å². The first-order chi connectivity index (χ1) is 12.7. The van der Waals surface area contributed by atoms with E-state index in [1.54, 1.807) is 13.8 Å². The molecule has 0 saturated carbocycles. The van der Waals surface area contributed by atoms with Gasteiger partial charge in [-0.3, -0.25) is 4.79 Å². The number of nitrogens with one attached hydrogen (secondary N) is 1. The van der Waals surface area contributed by atoms with E-state index in [0.717, 1.165) is 18.2 Å². The van der Waals surface area contributed by atoms with Crippen LogP contribution in [0, 0.1) is 11.6 Å². The number of carbonyl (C=O) groups is 1. The maximum Gasteiger partial charge on any atom is 0.251 e. The van der Waals surface area contributed by atoms with Crippen molar-refractivity contribution in [3.63, 3.8) is 0 Å². The van der Waals surface area contributed by atoms with E-state index in [0.29, 0.717) is 0 Å². The molecule has 2 aromatic carbocycles. The second-order valence-corrected chi connectivity index (χ2v) is 7.97. The van der Waals surface area contributed by atoms with Gasteiger partial charge in [0.1, 0.15) is 16.5 Å². The summed E-state index contributed by atoms with van der Waals surface area (Å²) >= 11 is 6.03. The highest BCUT2D eigenvalue weighted by atomic mass is 35.5. The third kappa shape index (κ3) is 4.82. The predicted molar refractivity (Wildman–Crippen MR) is 99.1 cm³/mol. The summed E-state index contributed by atoms with van der Waals surface area (Å²) in [5.41, 5.74) is 0.0234. The minimum atomic E-state index is -3.86. The number of hydrogen-bond acceptors (Lipinski definition) is 3. The van der Waals surface area contributed by atoms with Gasteiger partial charge in [-0.2, -0.15) is 4.31 Å². The Morgan fingerprint density at radius 2 is 1.78 bits per heavy atom. The van der Waals surface area contributed by atoms with Crippen LogP contribution >= 0.6 is 11.6 Å². The van der Waals surface area contributed by atoms with Crippen LogP contribution in [-0.4, -0.2) is 31.7 Å². The third-order valence-electron chi connectivity index (χ3n) is 3.96. The molecule has 146 valence electrons. The van der Waals surface area contributed by atoms with Crippen molar-refractivity contribution >= 4 is 27.5 Å². The van der Waals surface area contributed by atoms with Gasteiger partial charge in [-0.05, 0) is 36.4 Å². The molecule has 0 aliphatic heterocycles. The molecule has 5 nitrogen and oxygen atoms in total. The summed E-state index contributed by atoms with van der Waals surface area (Å²) in [7, 11) is -3.86. The number of hydrogen-bond donors (Lipinski definition) is 1. The number of amides is 1. The van der Waals surface area contributed by atoms with Crippen molar-refractivity contribution in [2.75, 3.05) is 13.1 Å². The Hall–Kier alpha value is -2.03. The quantitative estimate of drug-likeness (QED) is 0.750. The van der Waals surface area contributed by atoms with Crippen LogP contribution in [0.4, 0.5) is 8.78 Å². The maximum absolute atomic E-state index is 13.6. The van der Waals surface area contributed by atoms with E-state index in [1.165, 1.54) is 22.5 Å². The van der Waals surface area contributed by atoms with Crippen molar-refractivity contribution in [2.24, 2.45) is 0 Å². The maximum atomic E-state index is 13.6. The van der Waals surface area contributed by atoms with Gasteiger partial charge in [-0.25, -0.2) is 17.2 Å². The number of halogens is 3. The van der Waals surface area contributed by atoms with E-state index in [-0.39, 0.29) is 40.7 Å². The lowest BCUT2D eigenvalue weighted by molar-refractivity contribution is 0.0950. The fourth-order valence-electron chi connectivity index (χ4n) is 2.50. The van der Waals surface area contributed by atoms with Crippen LogP contribution in [0.1, 0.15) is 29.8 Å². The van der Waals surface area contributed by atoms with Gasteiger partial charge in [0.25, 0.3) is 5.91 Å². The normalized spacial score (nSPS) is 11.6. The lowest BCUT2D eigenvalue weighted by Gasteiger charge is -2.19. The molecular weight excluding hydrogens is 398 g/mol. The van der Waals surface area contributed by atoms with E-state index in [1.807, 2.05) is 0 Å². The molecule has 0 heterocycles. The molecule has 0 unspecified atom stereocenters. The van der Waals surface area contributed by atoms with Gasteiger partial charge in [0.2, 0.25) is 10.0 Å². The van der Waals surface area contributed by atoms with E-state index in [2.05, 4.69) is 5.32 Å². The first kappa shape index (κ1) is 21.3. The lowest BCUT2D eigenvalue weighted by Crippen LogP contribution is -2.31. The van der Waals surface area contributed by atoms with Crippen molar-refractivity contribution in [2.45, 2.75) is 25.3 Å². The van der Waals surface area contributed by atoms with Gasteiger partial charge >= 0.3 is 0 Å². The Morgan fingerprint density at radius 1 is 1.11 bits per heavy atom. The zero-order valence-corrected chi connectivity index (χ0v) is 16.4. The summed E-state index contributed by atoms with van der Waals surface area (Å²) in [5.74, 6) is -1.91. The third-order valence-corrected chi connectivity index (χ3v) is 6.50. The highest BCUT2D eigenvalue weighted by Gasteiger charge is 2.25. The van der Waals surface area contributed by atoms with E-state index in [4.69, 9.17) is 11.6 Å². The zero-order valence-electron chi connectivity index (χ0n) is 14.8. The van der Waals surface area contributed by atoms with E-state index in [9.17, 15) is 22.0 Å². The predicted octanol–water partition coefficient (Wildman–Crippen LogP) is 3.58. The average Bonchev–Trinajstić information content (AvgIpc) is 2.63. The smallest absolute Gasteiger partial charge is 0.251 e. The molecular formula is C18H19ClF2N2O3S. The molecule has 0 saturated heterocycles. The number of sulfonamides is 1. The fraction of sp³-hybridized carbons (Fsp3) is 0.278. The molecule has 0 radical (unpaired) electrons. The first-order valence-electron chi connectivity index (χ1n) is 8.22. The summed E-state index contributed by atoms with van der Waals surface area (Å²) in [4.78, 5) is 12.2. The van der Waals surface area contributed by atoms with Crippen molar-refractivity contribution in [1.82, 2.24) is 9.62 Å². The summed E-state index contributed by atoms with van der Waals surface area (Å²) in [5, 5.41) is 2.44. The van der Waals surface area contributed by atoms with E-state index >= 15 is 0 Å². The highest BCUT2D eigenvalue weighted by molar-refractivity contribution is 7.89. The van der Waals surface area contributed by atoms with Gasteiger partial charge in [0.15, 0.2) is 0 Å². The molecule has 1 N–H and O–H groups in total. The lowest BCUT2D eigenvalue weighted by atomic mass is 10.2. The highest BCUT2D eigenvalue weighted by Crippen LogP contribution is 2.26. The van der Waals surface area contributed by atoms with Crippen LogP contribution in [0.5, 0.6) is 0 Å². The van der Waals surface area contributed by atoms with Crippen LogP contribution in [0.2, 0.25) is 5.02 Å². The minimum absolute atomic E-state index is 0.00498. The molecule has 27 heavy (non-hydrogen) atoms. The fourth-order valence-corrected chi connectivity index (χ4v) is 4.46. The van der Waals surface area contributed by atoms with Gasteiger partial charge in [0, 0.05) is 30.8 Å². The standard InChI is InChI=1S/C18H19ClF2N2O3S/c1-3-23(4-2)27(25,26)17-10-12(5-7-15(17)19)18(24)22-11-13-9-14(20)6-8-16(13)21/h5-10H,3-4,11H2,1-2H3,(H,22,24). The molecule has 0 aromatic heterocycles. The number of rotatable bonds is 7. The van der Waals surface area contributed by atoms with Crippen LogP contribution in [0.25, 0.3) is 0 Å². The van der Waals surface area contributed by atoms with Crippen LogP contribution in [0.15, 0.2) is 41.3 Å². The summed E-state index contributed by atoms with van der Waals surface area (Å²) in [6.07, 6.45) is 0. The molecule has 0 bridgehead atoms. The topological polar surface area (TPSA) is 66.5 Å². The van der Waals surface area contributed by atoms with Gasteiger partial charge in [-0.1, -0.05) is 25.4 Å². The molecule has 2 aromatic rings. The Balaban J connectivity index is 2.26. The average molecular weight is 417 g/mol. The summed E-state index contributed by atoms with van der Waals surface area (Å²) < 4.78 is 53.4. The van der Waals surface area contributed by atoms with Crippen LogP contribution in [-0.2, 0) is 16.6 Å². The van der Waals surface area contributed by atoms with Crippen LogP contribution in [0.3, 0.4) is 0 Å². The monoisotopic (exact) mass is 416 g/mol. The molecule has 0 atom stereocenters. The second-order valence-electron chi connectivity index (χ2n) is 5.65. The molecule has 0 spiro atoms. The molecule has 0 aliphatic rings. The van der Waals surface area contributed by atoms with Crippen molar-refractivity contribution in [3.8, 4) is 0 Å². The Bertz CT molecular complexity index is 948. The van der Waals surface area contributed by atoms with E-state index < -0.39 is 27.6 Å². The molecule has 2 rings (SSSR count). The second kappa shape index (κ2) is 8.77. The van der Waals surface area contributed by atoms with Gasteiger partial charge < -0.3 is 5.32 Å². The molecule has 1 amide bonds. The first-order valence-corrected chi connectivity index (χ1v) is 10.0. The number of nitrogens with zero attached hydrogens (tertiary/aromatic N) is 1. The molecule has 9 heteroatoms.